The molecule has 1 heterocycles. The maximum Gasteiger partial charge on any atom is 0.200 e. The molecule has 0 atom stereocenters. The number of halogens is 2. The van der Waals surface area contributed by atoms with Gasteiger partial charge >= 0.3 is 0 Å². The lowest BCUT2D eigenvalue weighted by Crippen LogP contribution is -2.18. The Morgan fingerprint density at radius 2 is 1.87 bits per heavy atom. The van der Waals surface area contributed by atoms with Gasteiger partial charge in [-0.3, -0.25) is 0 Å². The summed E-state index contributed by atoms with van der Waals surface area (Å²) in [4.78, 5) is 0. The minimum atomic E-state index is -0.602. The van der Waals surface area contributed by atoms with Crippen LogP contribution in [0, 0.1) is 11.6 Å². The van der Waals surface area contributed by atoms with Gasteiger partial charge in [-0.05, 0) is 24.6 Å². The number of ether oxygens (including phenoxy) is 2. The van der Waals surface area contributed by atoms with E-state index >= 15 is 0 Å². The van der Waals surface area contributed by atoms with Gasteiger partial charge in [-0.1, -0.05) is 0 Å². The zero-order valence-electron chi connectivity index (χ0n) is 8.06. The topological polar surface area (TPSA) is 44.5 Å². The highest BCUT2D eigenvalue weighted by molar-refractivity contribution is 5.46. The highest BCUT2D eigenvalue weighted by atomic mass is 19.1. The summed E-state index contributed by atoms with van der Waals surface area (Å²) in [6, 6.07) is 1.11. The van der Waals surface area contributed by atoms with Crippen molar-refractivity contribution in [3.05, 3.63) is 23.3 Å². The number of hydrogen-bond acceptors (Lipinski definition) is 3. The van der Waals surface area contributed by atoms with Crippen molar-refractivity contribution in [3.8, 4) is 11.5 Å². The van der Waals surface area contributed by atoms with Crippen LogP contribution < -0.4 is 15.2 Å². The van der Waals surface area contributed by atoms with Gasteiger partial charge in [0.2, 0.25) is 5.75 Å². The van der Waals surface area contributed by atoms with Crippen molar-refractivity contribution in [1.29, 1.82) is 0 Å². The Balaban J connectivity index is 2.49. The summed E-state index contributed by atoms with van der Waals surface area (Å²) >= 11 is 0. The Hall–Kier alpha value is -1.36. The number of rotatable bonds is 2. The van der Waals surface area contributed by atoms with Crippen LogP contribution in [-0.4, -0.2) is 19.8 Å². The normalized spacial score (nSPS) is 14.1. The SMILES string of the molecule is NCCc1cc(F)c2c(c1F)OCCO2. The third-order valence-corrected chi connectivity index (χ3v) is 2.20. The van der Waals surface area contributed by atoms with E-state index in [4.69, 9.17) is 15.2 Å². The molecule has 0 saturated carbocycles. The van der Waals surface area contributed by atoms with Crippen molar-refractivity contribution in [2.45, 2.75) is 6.42 Å². The molecule has 1 aliphatic rings. The third kappa shape index (κ3) is 1.74. The second-order valence-electron chi connectivity index (χ2n) is 3.23. The van der Waals surface area contributed by atoms with Gasteiger partial charge in [0.25, 0.3) is 0 Å². The number of benzene rings is 1. The molecule has 2 rings (SSSR count). The van der Waals surface area contributed by atoms with Crippen LogP contribution in [0.3, 0.4) is 0 Å². The zero-order chi connectivity index (χ0) is 10.8. The molecule has 1 aliphatic heterocycles. The van der Waals surface area contributed by atoms with Crippen molar-refractivity contribution in [2.24, 2.45) is 5.73 Å². The molecule has 3 nitrogen and oxygen atoms in total. The van der Waals surface area contributed by atoms with E-state index in [-0.39, 0.29) is 43.2 Å². The predicted octanol–water partition coefficient (Wildman–Crippen LogP) is 1.24. The van der Waals surface area contributed by atoms with Gasteiger partial charge in [-0.25, -0.2) is 8.78 Å². The maximum atomic E-state index is 13.7. The lowest BCUT2D eigenvalue weighted by molar-refractivity contribution is 0.156. The van der Waals surface area contributed by atoms with Gasteiger partial charge in [0, 0.05) is 0 Å². The molecule has 5 heteroatoms. The molecule has 15 heavy (non-hydrogen) atoms. The molecule has 2 N–H and O–H groups in total. The minimum absolute atomic E-state index is 0.135. The molecule has 82 valence electrons. The molecular formula is C10H11F2NO2. The number of fused-ring (bicyclic) bond motifs is 1. The van der Waals surface area contributed by atoms with Crippen LogP contribution >= 0.6 is 0 Å². The molecule has 0 radical (unpaired) electrons. The summed E-state index contributed by atoms with van der Waals surface area (Å²) in [7, 11) is 0. The van der Waals surface area contributed by atoms with Crippen LogP contribution in [0.4, 0.5) is 8.78 Å². The van der Waals surface area contributed by atoms with Crippen molar-refractivity contribution < 1.29 is 18.3 Å². The Kier molecular flexibility index (Phi) is 2.73. The highest BCUT2D eigenvalue weighted by Crippen LogP contribution is 2.37. The van der Waals surface area contributed by atoms with E-state index in [1.165, 1.54) is 0 Å². The molecule has 0 aromatic heterocycles. The first-order valence-electron chi connectivity index (χ1n) is 4.70. The molecule has 0 saturated heterocycles. The number of hydrogen-bond donors (Lipinski definition) is 1. The highest BCUT2D eigenvalue weighted by Gasteiger charge is 2.23. The minimum Gasteiger partial charge on any atom is -0.483 e. The van der Waals surface area contributed by atoms with E-state index in [0.29, 0.717) is 0 Å². The summed E-state index contributed by atoms with van der Waals surface area (Å²) in [6.45, 7) is 0.727. The van der Waals surface area contributed by atoms with Crippen LogP contribution in [0.25, 0.3) is 0 Å². The van der Waals surface area contributed by atoms with Crippen LogP contribution in [0.15, 0.2) is 6.07 Å². The molecule has 0 fully saturated rings. The summed E-state index contributed by atoms with van der Waals surface area (Å²) in [6.07, 6.45) is 0.277. The van der Waals surface area contributed by atoms with Gasteiger partial charge in [-0.15, -0.1) is 0 Å². The molecule has 0 spiro atoms. The van der Waals surface area contributed by atoms with E-state index in [9.17, 15) is 8.78 Å². The smallest absolute Gasteiger partial charge is 0.200 e. The van der Waals surface area contributed by atoms with Gasteiger partial charge in [-0.2, -0.15) is 0 Å². The quantitative estimate of drug-likeness (QED) is 0.807. The fourth-order valence-electron chi connectivity index (χ4n) is 1.52. The summed E-state index contributed by atoms with van der Waals surface area (Å²) in [5, 5.41) is 0. The van der Waals surface area contributed by atoms with Crippen LogP contribution in [0.2, 0.25) is 0 Å². The first-order chi connectivity index (χ1) is 7.24. The van der Waals surface area contributed by atoms with Crippen LogP contribution in [0.5, 0.6) is 11.5 Å². The second kappa shape index (κ2) is 4.02. The zero-order valence-corrected chi connectivity index (χ0v) is 8.06. The van der Waals surface area contributed by atoms with Gasteiger partial charge in [0.1, 0.15) is 13.2 Å². The predicted molar refractivity (Wildman–Crippen MR) is 50.1 cm³/mol. The Morgan fingerprint density at radius 1 is 1.20 bits per heavy atom. The van der Waals surface area contributed by atoms with Crippen molar-refractivity contribution in [3.63, 3.8) is 0 Å². The monoisotopic (exact) mass is 215 g/mol. The van der Waals surface area contributed by atoms with Gasteiger partial charge < -0.3 is 15.2 Å². The van der Waals surface area contributed by atoms with Crippen molar-refractivity contribution in [1.82, 2.24) is 0 Å². The molecule has 1 aromatic rings. The summed E-state index contributed by atoms with van der Waals surface area (Å²) in [5.41, 5.74) is 5.52. The molecule has 0 amide bonds. The second-order valence-corrected chi connectivity index (χ2v) is 3.23. The van der Waals surface area contributed by atoms with E-state index < -0.39 is 11.6 Å². The van der Waals surface area contributed by atoms with Crippen molar-refractivity contribution in [2.75, 3.05) is 19.8 Å². The fraction of sp³-hybridized carbons (Fsp3) is 0.400. The van der Waals surface area contributed by atoms with E-state index in [1.807, 2.05) is 0 Å². The standard InChI is InChI=1S/C10H11F2NO2/c11-7-5-6(1-2-13)8(12)10-9(7)14-3-4-15-10/h5H,1-4,13H2. The van der Waals surface area contributed by atoms with E-state index in [2.05, 4.69) is 0 Å². The third-order valence-electron chi connectivity index (χ3n) is 2.20. The van der Waals surface area contributed by atoms with E-state index in [1.54, 1.807) is 0 Å². The molecular weight excluding hydrogens is 204 g/mol. The van der Waals surface area contributed by atoms with Gasteiger partial charge in [0.05, 0.1) is 0 Å². The largest absolute Gasteiger partial charge is 0.483 e. The van der Waals surface area contributed by atoms with E-state index in [0.717, 1.165) is 6.07 Å². The first kappa shape index (κ1) is 10.2. The van der Waals surface area contributed by atoms with Crippen LogP contribution in [-0.2, 0) is 6.42 Å². The Bertz CT molecular complexity index is 382. The molecule has 0 unspecified atom stereocenters. The molecule has 0 bridgehead atoms. The Labute approximate surface area is 85.8 Å². The van der Waals surface area contributed by atoms with Gasteiger partial charge in [0.15, 0.2) is 17.4 Å². The molecule has 0 aliphatic carbocycles. The lowest BCUT2D eigenvalue weighted by Gasteiger charge is -2.20. The fourth-order valence-corrected chi connectivity index (χ4v) is 1.52. The average Bonchev–Trinajstić information content (AvgIpc) is 2.26. The lowest BCUT2D eigenvalue weighted by atomic mass is 10.1. The number of nitrogens with two attached hydrogens (primary N) is 1. The first-order valence-corrected chi connectivity index (χ1v) is 4.70. The summed E-state index contributed by atoms with van der Waals surface area (Å²) < 4.78 is 37.2. The average molecular weight is 215 g/mol. The maximum absolute atomic E-state index is 13.7. The van der Waals surface area contributed by atoms with Crippen LogP contribution in [0.1, 0.15) is 5.56 Å². The molecule has 1 aromatic carbocycles. The Morgan fingerprint density at radius 3 is 2.53 bits per heavy atom. The summed E-state index contributed by atoms with van der Waals surface area (Å²) in [5.74, 6) is -1.45. The van der Waals surface area contributed by atoms with Crippen molar-refractivity contribution >= 4 is 0 Å².